The molecule has 0 saturated heterocycles. The van der Waals surface area contributed by atoms with Gasteiger partial charge in [-0.2, -0.15) is 0 Å². The summed E-state index contributed by atoms with van der Waals surface area (Å²) >= 11 is 0. The lowest BCUT2D eigenvalue weighted by atomic mass is 10.0. The van der Waals surface area contributed by atoms with Crippen molar-refractivity contribution >= 4 is 6.29 Å². The van der Waals surface area contributed by atoms with Crippen molar-refractivity contribution in [1.82, 2.24) is 15.1 Å². The fourth-order valence-corrected chi connectivity index (χ4v) is 3.02. The van der Waals surface area contributed by atoms with Crippen LogP contribution in [0, 0.1) is 12.7 Å². The van der Waals surface area contributed by atoms with Crippen LogP contribution < -0.4 is 0 Å². The minimum absolute atomic E-state index is 0.363. The summed E-state index contributed by atoms with van der Waals surface area (Å²) in [5.74, 6) is 0.880. The number of hydrogen-bond donors (Lipinski definition) is 1. The van der Waals surface area contributed by atoms with Crippen molar-refractivity contribution in [2.75, 3.05) is 0 Å². The van der Waals surface area contributed by atoms with Gasteiger partial charge in [0.1, 0.15) is 29.4 Å². The third kappa shape index (κ3) is 3.17. The molecule has 0 unspecified atom stereocenters. The Morgan fingerprint density at radius 1 is 1.15 bits per heavy atom. The summed E-state index contributed by atoms with van der Waals surface area (Å²) in [6.45, 7) is 1.78. The summed E-state index contributed by atoms with van der Waals surface area (Å²) in [7, 11) is 0. The van der Waals surface area contributed by atoms with E-state index in [2.05, 4.69) is 15.1 Å². The maximum Gasteiger partial charge on any atom is 0.143 e. The van der Waals surface area contributed by atoms with E-state index in [0.29, 0.717) is 40.5 Å². The van der Waals surface area contributed by atoms with Crippen LogP contribution in [-0.2, 0) is 11.2 Å². The smallest absolute Gasteiger partial charge is 0.143 e. The molecule has 0 bridgehead atoms. The van der Waals surface area contributed by atoms with Gasteiger partial charge in [-0.25, -0.2) is 9.37 Å². The Morgan fingerprint density at radius 2 is 1.93 bits per heavy atom. The number of nitrogens with one attached hydrogen (secondary N) is 1. The Kier molecular flexibility index (Phi) is 4.38. The van der Waals surface area contributed by atoms with Crippen LogP contribution in [0.25, 0.3) is 33.9 Å². The molecule has 0 amide bonds. The molecular weight excluding hydrogens is 345 g/mol. The average Bonchev–Trinajstić information content (AvgIpc) is 3.30. The van der Waals surface area contributed by atoms with E-state index in [9.17, 15) is 9.18 Å². The Labute approximate surface area is 154 Å². The number of aldehydes is 1. The molecule has 27 heavy (non-hydrogen) atoms. The fraction of sp³-hybridized carbons (Fsp3) is 0.0952. The molecule has 4 rings (SSSR count). The molecule has 0 saturated carbocycles. The van der Waals surface area contributed by atoms with Crippen LogP contribution in [0.1, 0.15) is 11.3 Å². The number of H-pyrrole nitrogens is 1. The predicted molar refractivity (Wildman–Crippen MR) is 99.4 cm³/mol. The van der Waals surface area contributed by atoms with Crippen molar-refractivity contribution < 1.29 is 13.7 Å². The number of rotatable bonds is 5. The lowest BCUT2D eigenvalue weighted by Gasteiger charge is -2.02. The number of halogens is 1. The molecule has 0 aliphatic rings. The minimum atomic E-state index is -0.363. The van der Waals surface area contributed by atoms with E-state index in [1.807, 2.05) is 24.3 Å². The second-order valence-corrected chi connectivity index (χ2v) is 6.16. The highest BCUT2D eigenvalue weighted by Crippen LogP contribution is 2.35. The largest absolute Gasteiger partial charge is 0.360 e. The number of nitrogens with zero attached hydrogens (tertiary/aromatic N) is 2. The maximum absolute atomic E-state index is 14.2. The van der Waals surface area contributed by atoms with Gasteiger partial charge in [0, 0.05) is 17.5 Å². The molecule has 2 aromatic heterocycles. The molecule has 2 aromatic carbocycles. The van der Waals surface area contributed by atoms with Crippen molar-refractivity contribution in [3.63, 3.8) is 0 Å². The van der Waals surface area contributed by atoms with Gasteiger partial charge in [0.15, 0.2) is 0 Å². The third-order valence-corrected chi connectivity index (χ3v) is 4.38. The van der Waals surface area contributed by atoms with E-state index in [4.69, 9.17) is 4.52 Å². The van der Waals surface area contributed by atoms with Crippen molar-refractivity contribution in [1.29, 1.82) is 0 Å². The van der Waals surface area contributed by atoms with Crippen molar-refractivity contribution in [3.8, 4) is 33.9 Å². The van der Waals surface area contributed by atoms with Gasteiger partial charge < -0.3 is 14.3 Å². The van der Waals surface area contributed by atoms with Crippen LogP contribution in [-0.4, -0.2) is 21.4 Å². The zero-order valence-corrected chi connectivity index (χ0v) is 14.6. The standard InChI is InChI=1S/C21H16FN3O2/c1-13-19(20(25-27-13)16-4-2-3-5-17(16)22)18-12-23-21(24-18)15-8-6-14(7-9-15)10-11-26/h2-9,11-12H,10H2,1H3,(H,23,24). The number of aromatic amines is 1. The Morgan fingerprint density at radius 3 is 2.67 bits per heavy atom. The van der Waals surface area contributed by atoms with E-state index >= 15 is 0 Å². The van der Waals surface area contributed by atoms with Crippen molar-refractivity contribution in [2.24, 2.45) is 0 Å². The summed E-state index contributed by atoms with van der Waals surface area (Å²) in [6.07, 6.45) is 2.94. The van der Waals surface area contributed by atoms with E-state index in [0.717, 1.165) is 17.4 Å². The van der Waals surface area contributed by atoms with E-state index in [1.54, 1.807) is 31.3 Å². The summed E-state index contributed by atoms with van der Waals surface area (Å²) in [5.41, 5.74) is 4.01. The van der Waals surface area contributed by atoms with Crippen LogP contribution in [0.5, 0.6) is 0 Å². The monoisotopic (exact) mass is 361 g/mol. The molecule has 0 spiro atoms. The molecule has 134 valence electrons. The summed E-state index contributed by atoms with van der Waals surface area (Å²) < 4.78 is 19.5. The highest BCUT2D eigenvalue weighted by atomic mass is 19.1. The number of aromatic nitrogens is 3. The zero-order chi connectivity index (χ0) is 18.8. The van der Waals surface area contributed by atoms with E-state index in [-0.39, 0.29) is 5.82 Å². The number of aryl methyl sites for hydroxylation is 1. The number of hydrogen-bond acceptors (Lipinski definition) is 4. The van der Waals surface area contributed by atoms with Gasteiger partial charge >= 0.3 is 0 Å². The summed E-state index contributed by atoms with van der Waals surface area (Å²) in [4.78, 5) is 18.3. The first-order valence-electron chi connectivity index (χ1n) is 8.47. The first-order valence-corrected chi connectivity index (χ1v) is 8.47. The highest BCUT2D eigenvalue weighted by Gasteiger charge is 2.20. The highest BCUT2D eigenvalue weighted by molar-refractivity contribution is 5.81. The van der Waals surface area contributed by atoms with Gasteiger partial charge in [-0.3, -0.25) is 0 Å². The first kappa shape index (κ1) is 16.9. The number of imidazole rings is 1. The van der Waals surface area contributed by atoms with Gasteiger partial charge in [-0.15, -0.1) is 0 Å². The molecular formula is C21H16FN3O2. The molecule has 5 nitrogen and oxygen atoms in total. The normalized spacial score (nSPS) is 10.9. The zero-order valence-electron chi connectivity index (χ0n) is 14.6. The topological polar surface area (TPSA) is 71.8 Å². The number of benzene rings is 2. The Balaban J connectivity index is 1.73. The van der Waals surface area contributed by atoms with Gasteiger partial charge in [-0.1, -0.05) is 41.6 Å². The lowest BCUT2D eigenvalue weighted by molar-refractivity contribution is -0.107. The third-order valence-electron chi connectivity index (χ3n) is 4.38. The van der Waals surface area contributed by atoms with Crippen LogP contribution in [0.15, 0.2) is 59.3 Å². The molecule has 0 fully saturated rings. The summed E-state index contributed by atoms with van der Waals surface area (Å²) in [6, 6.07) is 14.0. The van der Waals surface area contributed by atoms with Crippen LogP contribution in [0.2, 0.25) is 0 Å². The number of carbonyl (C=O) groups is 1. The fourth-order valence-electron chi connectivity index (χ4n) is 3.02. The minimum Gasteiger partial charge on any atom is -0.360 e. The van der Waals surface area contributed by atoms with Gasteiger partial charge in [-0.05, 0) is 24.6 Å². The second kappa shape index (κ2) is 6.99. The average molecular weight is 361 g/mol. The first-order chi connectivity index (χ1) is 13.2. The molecule has 0 radical (unpaired) electrons. The van der Waals surface area contributed by atoms with Crippen molar-refractivity contribution in [3.05, 3.63) is 71.9 Å². The van der Waals surface area contributed by atoms with Gasteiger partial charge in [0.05, 0.1) is 17.5 Å². The molecule has 0 aliphatic carbocycles. The maximum atomic E-state index is 14.2. The molecule has 2 heterocycles. The van der Waals surface area contributed by atoms with Crippen LogP contribution in [0.3, 0.4) is 0 Å². The van der Waals surface area contributed by atoms with Gasteiger partial charge in [0.25, 0.3) is 0 Å². The summed E-state index contributed by atoms with van der Waals surface area (Å²) in [5, 5.41) is 4.04. The van der Waals surface area contributed by atoms with Crippen LogP contribution in [0.4, 0.5) is 4.39 Å². The SMILES string of the molecule is Cc1onc(-c2ccccc2F)c1-c1cnc(-c2ccc(CC=O)cc2)[nH]1. The predicted octanol–water partition coefficient (Wildman–Crippen LogP) is 4.59. The Bertz CT molecular complexity index is 1100. The second-order valence-electron chi connectivity index (χ2n) is 6.16. The van der Waals surface area contributed by atoms with E-state index < -0.39 is 0 Å². The van der Waals surface area contributed by atoms with E-state index in [1.165, 1.54) is 6.07 Å². The van der Waals surface area contributed by atoms with Crippen LogP contribution >= 0.6 is 0 Å². The molecule has 1 N–H and O–H groups in total. The Hall–Kier alpha value is -3.54. The molecule has 0 aliphatic heterocycles. The van der Waals surface area contributed by atoms with Gasteiger partial charge in [0.2, 0.25) is 0 Å². The lowest BCUT2D eigenvalue weighted by Crippen LogP contribution is -1.89. The molecule has 0 atom stereocenters. The van der Waals surface area contributed by atoms with Crippen molar-refractivity contribution in [2.45, 2.75) is 13.3 Å². The molecule has 4 aromatic rings. The molecule has 6 heteroatoms. The quantitative estimate of drug-likeness (QED) is 0.528. The number of carbonyl (C=O) groups excluding carboxylic acids is 1.